The predicted octanol–water partition coefficient (Wildman–Crippen LogP) is 0.661. The highest BCUT2D eigenvalue weighted by Crippen LogP contribution is 1.90. The standard InChI is InChI=1S/C9H16N4O/c1-2-4-11-9(14)12-5-3-8-6-10-7-13-8/h6-7H,2-5H2,1H3,(H,10,13)(H2,11,12,14). The molecule has 3 N–H and O–H groups in total. The van der Waals surface area contributed by atoms with Crippen LogP contribution in [0, 0.1) is 0 Å². The molecule has 0 atom stereocenters. The predicted molar refractivity (Wildman–Crippen MR) is 54.0 cm³/mol. The first-order valence-electron chi connectivity index (χ1n) is 4.82. The van der Waals surface area contributed by atoms with Crippen molar-refractivity contribution in [3.8, 4) is 0 Å². The zero-order chi connectivity index (χ0) is 10.2. The average molecular weight is 196 g/mol. The molecule has 1 aromatic heterocycles. The number of nitrogens with one attached hydrogen (secondary N) is 3. The summed E-state index contributed by atoms with van der Waals surface area (Å²) in [6.07, 6.45) is 5.12. The van der Waals surface area contributed by atoms with Crippen LogP contribution in [-0.4, -0.2) is 29.1 Å². The van der Waals surface area contributed by atoms with E-state index in [0.717, 1.165) is 25.1 Å². The number of carbonyl (C=O) groups excluding carboxylic acids is 1. The number of hydrogen-bond donors (Lipinski definition) is 3. The van der Waals surface area contributed by atoms with Gasteiger partial charge in [0.05, 0.1) is 6.33 Å². The summed E-state index contributed by atoms with van der Waals surface area (Å²) in [7, 11) is 0. The minimum atomic E-state index is -0.105. The molecule has 0 bridgehead atoms. The summed E-state index contributed by atoms with van der Waals surface area (Å²) in [5.41, 5.74) is 1.03. The van der Waals surface area contributed by atoms with Crippen molar-refractivity contribution in [1.82, 2.24) is 20.6 Å². The number of urea groups is 1. The molecule has 1 aromatic rings. The molecule has 0 radical (unpaired) electrons. The van der Waals surface area contributed by atoms with Crippen molar-refractivity contribution >= 4 is 6.03 Å². The van der Waals surface area contributed by atoms with Gasteiger partial charge >= 0.3 is 6.03 Å². The van der Waals surface area contributed by atoms with Crippen LogP contribution < -0.4 is 10.6 Å². The van der Waals surface area contributed by atoms with Gasteiger partial charge in [-0.3, -0.25) is 0 Å². The lowest BCUT2D eigenvalue weighted by Crippen LogP contribution is -2.36. The Kier molecular flexibility index (Phi) is 4.54. The zero-order valence-corrected chi connectivity index (χ0v) is 8.34. The maximum atomic E-state index is 11.1. The highest BCUT2D eigenvalue weighted by Gasteiger charge is 1.98. The van der Waals surface area contributed by atoms with E-state index in [1.807, 2.05) is 6.92 Å². The number of H-pyrrole nitrogens is 1. The first-order valence-corrected chi connectivity index (χ1v) is 4.82. The molecule has 0 aliphatic carbocycles. The van der Waals surface area contributed by atoms with Crippen molar-refractivity contribution in [2.24, 2.45) is 0 Å². The second kappa shape index (κ2) is 6.01. The largest absolute Gasteiger partial charge is 0.348 e. The van der Waals surface area contributed by atoms with Crippen molar-refractivity contribution in [2.45, 2.75) is 19.8 Å². The van der Waals surface area contributed by atoms with Gasteiger partial charge < -0.3 is 15.6 Å². The van der Waals surface area contributed by atoms with E-state index in [2.05, 4.69) is 20.6 Å². The third kappa shape index (κ3) is 3.93. The number of imidazole rings is 1. The first-order chi connectivity index (χ1) is 6.83. The van der Waals surface area contributed by atoms with E-state index in [1.54, 1.807) is 12.5 Å². The molecule has 0 unspecified atom stereocenters. The van der Waals surface area contributed by atoms with Gasteiger partial charge in [-0.2, -0.15) is 0 Å². The van der Waals surface area contributed by atoms with Crippen molar-refractivity contribution in [2.75, 3.05) is 13.1 Å². The molecular weight excluding hydrogens is 180 g/mol. The number of aromatic nitrogens is 2. The van der Waals surface area contributed by atoms with Gasteiger partial charge in [0.15, 0.2) is 0 Å². The summed E-state index contributed by atoms with van der Waals surface area (Å²) >= 11 is 0. The summed E-state index contributed by atoms with van der Waals surface area (Å²) in [5.74, 6) is 0. The van der Waals surface area contributed by atoms with Crippen molar-refractivity contribution in [1.29, 1.82) is 0 Å². The van der Waals surface area contributed by atoms with Crippen LogP contribution >= 0.6 is 0 Å². The lowest BCUT2D eigenvalue weighted by Gasteiger charge is -2.05. The van der Waals surface area contributed by atoms with Crippen LogP contribution in [0.4, 0.5) is 4.79 Å². The molecule has 1 rings (SSSR count). The smallest absolute Gasteiger partial charge is 0.314 e. The van der Waals surface area contributed by atoms with Gasteiger partial charge in [-0.1, -0.05) is 6.92 Å². The van der Waals surface area contributed by atoms with E-state index < -0.39 is 0 Å². The quantitative estimate of drug-likeness (QED) is 0.647. The zero-order valence-electron chi connectivity index (χ0n) is 8.34. The summed E-state index contributed by atoms with van der Waals surface area (Å²) in [6.45, 7) is 3.36. The molecular formula is C9H16N4O. The molecule has 0 saturated heterocycles. The molecule has 0 aromatic carbocycles. The lowest BCUT2D eigenvalue weighted by atomic mass is 10.3. The van der Waals surface area contributed by atoms with Crippen molar-refractivity contribution in [3.63, 3.8) is 0 Å². The Morgan fingerprint density at radius 1 is 1.50 bits per heavy atom. The third-order valence-electron chi connectivity index (χ3n) is 1.77. The van der Waals surface area contributed by atoms with Gasteiger partial charge in [0.25, 0.3) is 0 Å². The van der Waals surface area contributed by atoms with Gasteiger partial charge in [0.1, 0.15) is 0 Å². The summed E-state index contributed by atoms with van der Waals surface area (Å²) < 4.78 is 0. The van der Waals surface area contributed by atoms with E-state index >= 15 is 0 Å². The summed E-state index contributed by atoms with van der Waals surface area (Å²) in [6, 6.07) is -0.105. The van der Waals surface area contributed by atoms with Crippen LogP contribution in [0.3, 0.4) is 0 Å². The Bertz CT molecular complexity index is 258. The number of hydrogen-bond acceptors (Lipinski definition) is 2. The number of aromatic amines is 1. The summed E-state index contributed by atoms with van der Waals surface area (Å²) in [5, 5.41) is 5.49. The van der Waals surface area contributed by atoms with E-state index in [-0.39, 0.29) is 6.03 Å². The molecule has 0 fully saturated rings. The van der Waals surface area contributed by atoms with Gasteiger partial charge in [-0.25, -0.2) is 9.78 Å². The monoisotopic (exact) mass is 196 g/mol. The van der Waals surface area contributed by atoms with Crippen LogP contribution in [0.15, 0.2) is 12.5 Å². The molecule has 2 amide bonds. The second-order valence-corrected chi connectivity index (χ2v) is 3.01. The molecule has 0 aliphatic rings. The minimum absolute atomic E-state index is 0.105. The fraction of sp³-hybridized carbons (Fsp3) is 0.556. The molecule has 0 saturated carbocycles. The maximum absolute atomic E-state index is 11.1. The highest BCUT2D eigenvalue weighted by molar-refractivity contribution is 5.73. The fourth-order valence-electron chi connectivity index (χ4n) is 1.03. The number of amides is 2. The average Bonchev–Trinajstić information content (AvgIpc) is 2.67. The van der Waals surface area contributed by atoms with E-state index in [4.69, 9.17) is 0 Å². The Morgan fingerprint density at radius 3 is 2.93 bits per heavy atom. The van der Waals surface area contributed by atoms with Gasteiger partial charge in [-0.15, -0.1) is 0 Å². The highest BCUT2D eigenvalue weighted by atomic mass is 16.2. The first kappa shape index (κ1) is 10.6. The second-order valence-electron chi connectivity index (χ2n) is 3.01. The summed E-state index contributed by atoms with van der Waals surface area (Å²) in [4.78, 5) is 17.9. The van der Waals surface area contributed by atoms with Gasteiger partial charge in [-0.05, 0) is 6.42 Å². The molecule has 78 valence electrons. The SMILES string of the molecule is CCCNC(=O)NCCc1cnc[nH]1. The van der Waals surface area contributed by atoms with Gasteiger partial charge in [0.2, 0.25) is 0 Å². The normalized spacial score (nSPS) is 9.79. The molecule has 14 heavy (non-hydrogen) atoms. The fourth-order valence-corrected chi connectivity index (χ4v) is 1.03. The Balaban J connectivity index is 2.06. The molecule has 5 heteroatoms. The van der Waals surface area contributed by atoms with E-state index in [0.29, 0.717) is 6.54 Å². The van der Waals surface area contributed by atoms with Gasteiger partial charge in [0, 0.05) is 31.4 Å². The number of rotatable bonds is 5. The minimum Gasteiger partial charge on any atom is -0.348 e. The van der Waals surface area contributed by atoms with Crippen LogP contribution in [0.25, 0.3) is 0 Å². The number of carbonyl (C=O) groups is 1. The third-order valence-corrected chi connectivity index (χ3v) is 1.77. The Morgan fingerprint density at radius 2 is 2.29 bits per heavy atom. The molecule has 0 aliphatic heterocycles. The maximum Gasteiger partial charge on any atom is 0.314 e. The van der Waals surface area contributed by atoms with E-state index in [9.17, 15) is 4.79 Å². The molecule has 5 nitrogen and oxygen atoms in total. The lowest BCUT2D eigenvalue weighted by molar-refractivity contribution is 0.241. The Labute approximate surface area is 83.3 Å². The van der Waals surface area contributed by atoms with Crippen LogP contribution in [0.2, 0.25) is 0 Å². The molecule has 0 spiro atoms. The molecule has 1 heterocycles. The van der Waals surface area contributed by atoms with E-state index in [1.165, 1.54) is 0 Å². The topological polar surface area (TPSA) is 69.8 Å². The van der Waals surface area contributed by atoms with Crippen LogP contribution in [-0.2, 0) is 6.42 Å². The van der Waals surface area contributed by atoms with Crippen LogP contribution in [0.1, 0.15) is 19.0 Å². The van der Waals surface area contributed by atoms with Crippen molar-refractivity contribution in [3.05, 3.63) is 18.2 Å². The number of nitrogens with zero attached hydrogens (tertiary/aromatic N) is 1. The van der Waals surface area contributed by atoms with Crippen molar-refractivity contribution < 1.29 is 4.79 Å². The van der Waals surface area contributed by atoms with Crippen LogP contribution in [0.5, 0.6) is 0 Å². The Hall–Kier alpha value is -1.52.